The summed E-state index contributed by atoms with van der Waals surface area (Å²) < 4.78 is 0. The van der Waals surface area contributed by atoms with Gasteiger partial charge in [0.1, 0.15) is 0 Å². The molecule has 5 nitrogen and oxygen atoms in total. The van der Waals surface area contributed by atoms with Gasteiger partial charge < -0.3 is 24.5 Å². The number of anilines is 13. The molecule has 9 aromatic rings. The Bertz CT molecular complexity index is 3700. The van der Waals surface area contributed by atoms with Gasteiger partial charge in [0.2, 0.25) is 0 Å². The predicted octanol–water partition coefficient (Wildman–Crippen LogP) is 12.9. The second kappa shape index (κ2) is 15.8. The van der Waals surface area contributed by atoms with Crippen LogP contribution in [0.5, 0.6) is 0 Å². The molecule has 0 aromatic heterocycles. The van der Waals surface area contributed by atoms with E-state index in [-0.39, 0.29) is 18.8 Å². The third-order valence-corrected chi connectivity index (χ3v) is 18.2. The standard InChI is InChI=1S/C67H57B2N5/c1-67(2,3)45-37-61-65-62(38-45)73(48-24-12-6-13-25-48)59-42-60-56(41-55(59)68(65)53-28-16-18-30-57(53)71(61)46-20-8-4-9-21-46)69-54-29-17-19-31-58(54)72(47-22-10-5-11-23-47)63-39-52(70-50-33-43-32-44(35-50)36-51(70)34-43)40-64(66(63)69)74(60)49-26-14-7-15-27-49/h4-31,37-44,50-51H,32-36H2,1-3H3. The van der Waals surface area contributed by atoms with Crippen LogP contribution >= 0.6 is 0 Å². The van der Waals surface area contributed by atoms with E-state index < -0.39 is 0 Å². The van der Waals surface area contributed by atoms with Gasteiger partial charge in [0.15, 0.2) is 0 Å². The zero-order chi connectivity index (χ0) is 49.0. The number of rotatable bonds is 5. The molecular formula is C67H57B2N5. The Hall–Kier alpha value is -7.89. The number of piperidine rings is 2. The Morgan fingerprint density at radius 3 is 1.07 bits per heavy atom. The zero-order valence-corrected chi connectivity index (χ0v) is 42.4. The highest BCUT2D eigenvalue weighted by molar-refractivity contribution is 7.03. The smallest absolute Gasteiger partial charge is 0.252 e. The van der Waals surface area contributed by atoms with E-state index in [9.17, 15) is 0 Å². The number of para-hydroxylation sites is 6. The molecule has 2 aliphatic carbocycles. The van der Waals surface area contributed by atoms with Crippen LogP contribution in [0.3, 0.4) is 0 Å². The molecular weight excluding hydrogens is 896 g/mol. The third-order valence-electron chi connectivity index (χ3n) is 18.2. The first-order chi connectivity index (χ1) is 36.3. The van der Waals surface area contributed by atoms with Gasteiger partial charge in [-0.05, 0) is 179 Å². The SMILES string of the molecule is CC(C)(C)c1cc2c3c(c1)N(c1ccccc1)c1cc4c(cc1B3c1ccccc1N2c1ccccc1)B1c2ccccc2N(c2ccccc2)c2cc(N3C5CC6CC(C5)CC3C6)cc(c21)N4c1ccccc1. The van der Waals surface area contributed by atoms with Crippen molar-refractivity contribution in [2.45, 2.75) is 70.4 Å². The summed E-state index contributed by atoms with van der Waals surface area (Å²) in [4.78, 5) is 13.3. The summed E-state index contributed by atoms with van der Waals surface area (Å²) in [5.74, 6) is 1.73. The molecule has 6 heterocycles. The fourth-order valence-corrected chi connectivity index (χ4v) is 15.3. The van der Waals surface area contributed by atoms with Gasteiger partial charge in [0, 0.05) is 86.0 Å². The minimum atomic E-state index is -0.114. The second-order valence-corrected chi connectivity index (χ2v) is 23.3. The molecule has 0 amide bonds. The van der Waals surface area contributed by atoms with E-state index in [1.807, 2.05) is 0 Å². The molecule has 6 aliphatic heterocycles. The molecule has 2 saturated carbocycles. The van der Waals surface area contributed by atoms with Crippen molar-refractivity contribution in [3.8, 4) is 0 Å². The topological polar surface area (TPSA) is 16.2 Å². The van der Waals surface area contributed by atoms with Crippen LogP contribution in [0, 0.1) is 11.8 Å². The van der Waals surface area contributed by atoms with Gasteiger partial charge in [-0.3, -0.25) is 0 Å². The normalized spacial score (nSPS) is 20.2. The largest absolute Gasteiger partial charge is 0.365 e. The number of hydrogen-bond donors (Lipinski definition) is 0. The van der Waals surface area contributed by atoms with Crippen LogP contribution in [0.2, 0.25) is 0 Å². The van der Waals surface area contributed by atoms with Gasteiger partial charge in [0.25, 0.3) is 13.4 Å². The van der Waals surface area contributed by atoms with Gasteiger partial charge in [-0.2, -0.15) is 0 Å². The van der Waals surface area contributed by atoms with Crippen LogP contribution in [0.25, 0.3) is 0 Å². The summed E-state index contributed by atoms with van der Waals surface area (Å²) in [5, 5.41) is 0. The molecule has 4 fully saturated rings. The molecule has 8 aliphatic rings. The van der Waals surface area contributed by atoms with Gasteiger partial charge in [-0.25, -0.2) is 0 Å². The molecule has 17 rings (SSSR count). The van der Waals surface area contributed by atoms with Crippen molar-refractivity contribution in [3.05, 3.63) is 212 Å². The van der Waals surface area contributed by atoms with Crippen LogP contribution in [0.1, 0.15) is 58.4 Å². The maximum Gasteiger partial charge on any atom is 0.252 e. The lowest BCUT2D eigenvalue weighted by Crippen LogP contribution is -2.65. The highest BCUT2D eigenvalue weighted by Crippen LogP contribution is 2.54. The molecule has 0 radical (unpaired) electrons. The molecule has 356 valence electrons. The molecule has 0 N–H and O–H groups in total. The summed E-state index contributed by atoms with van der Waals surface area (Å²) in [6.45, 7) is 7.04. The third kappa shape index (κ3) is 6.13. The van der Waals surface area contributed by atoms with E-state index in [2.05, 4.69) is 252 Å². The first-order valence-electron chi connectivity index (χ1n) is 27.2. The van der Waals surface area contributed by atoms with Crippen LogP contribution < -0.4 is 57.3 Å². The first kappa shape index (κ1) is 42.6. The number of fused-ring (bicyclic) bond motifs is 8. The Labute approximate surface area is 436 Å². The predicted molar refractivity (Wildman–Crippen MR) is 313 cm³/mol. The van der Waals surface area contributed by atoms with E-state index >= 15 is 0 Å². The fraction of sp³-hybridized carbons (Fsp3) is 0.194. The maximum absolute atomic E-state index is 2.91. The van der Waals surface area contributed by atoms with Gasteiger partial charge in [-0.15, -0.1) is 0 Å². The Balaban J connectivity index is 1.02. The summed E-state index contributed by atoms with van der Waals surface area (Å²) >= 11 is 0. The average molecular weight is 954 g/mol. The minimum Gasteiger partial charge on any atom is -0.365 e. The van der Waals surface area contributed by atoms with E-state index in [0.29, 0.717) is 12.1 Å². The van der Waals surface area contributed by atoms with Crippen molar-refractivity contribution in [2.75, 3.05) is 24.5 Å². The summed E-state index contributed by atoms with van der Waals surface area (Å²) in [5.41, 5.74) is 25.4. The molecule has 0 spiro atoms. The lowest BCUT2D eigenvalue weighted by Gasteiger charge is -2.58. The maximum atomic E-state index is 2.91. The lowest BCUT2D eigenvalue weighted by molar-refractivity contribution is 0.0900. The first-order valence-corrected chi connectivity index (χ1v) is 27.2. The van der Waals surface area contributed by atoms with E-state index in [1.54, 1.807) is 0 Å². The summed E-state index contributed by atoms with van der Waals surface area (Å²) in [7, 11) is 0. The van der Waals surface area contributed by atoms with Crippen molar-refractivity contribution >= 4 is 120 Å². The lowest BCUT2D eigenvalue weighted by atomic mass is 9.30. The second-order valence-electron chi connectivity index (χ2n) is 23.3. The van der Waals surface area contributed by atoms with Crippen molar-refractivity contribution < 1.29 is 0 Å². The quantitative estimate of drug-likeness (QED) is 0.159. The van der Waals surface area contributed by atoms with Crippen molar-refractivity contribution in [1.82, 2.24) is 0 Å². The van der Waals surface area contributed by atoms with Crippen molar-refractivity contribution in [3.63, 3.8) is 0 Å². The van der Waals surface area contributed by atoms with Crippen molar-refractivity contribution in [1.29, 1.82) is 0 Å². The van der Waals surface area contributed by atoms with Gasteiger partial charge >= 0.3 is 0 Å². The van der Waals surface area contributed by atoms with Gasteiger partial charge in [-0.1, -0.05) is 136 Å². The molecule has 9 aromatic carbocycles. The van der Waals surface area contributed by atoms with Crippen LogP contribution in [0.4, 0.5) is 73.9 Å². The molecule has 0 atom stereocenters. The average Bonchev–Trinajstić information content (AvgIpc) is 3.44. The molecule has 7 heteroatoms. The fourth-order valence-electron chi connectivity index (χ4n) is 15.3. The monoisotopic (exact) mass is 953 g/mol. The molecule has 0 unspecified atom stereocenters. The van der Waals surface area contributed by atoms with Crippen LogP contribution in [-0.2, 0) is 5.41 Å². The number of benzene rings is 9. The van der Waals surface area contributed by atoms with E-state index in [0.717, 1.165) is 17.5 Å². The highest BCUT2D eigenvalue weighted by Gasteiger charge is 2.51. The van der Waals surface area contributed by atoms with E-state index in [1.165, 1.54) is 139 Å². The molecule has 4 bridgehead atoms. The van der Waals surface area contributed by atoms with Crippen LogP contribution in [0.15, 0.2) is 206 Å². The zero-order valence-electron chi connectivity index (χ0n) is 42.4. The van der Waals surface area contributed by atoms with E-state index in [4.69, 9.17) is 0 Å². The summed E-state index contributed by atoms with van der Waals surface area (Å²) in [6.07, 6.45) is 6.68. The Kier molecular flexibility index (Phi) is 9.10. The number of hydrogen-bond acceptors (Lipinski definition) is 5. The summed E-state index contributed by atoms with van der Waals surface area (Å²) in [6, 6.07) is 79.9. The van der Waals surface area contributed by atoms with Crippen molar-refractivity contribution in [2.24, 2.45) is 11.8 Å². The van der Waals surface area contributed by atoms with Gasteiger partial charge in [0.05, 0.1) is 0 Å². The molecule has 74 heavy (non-hydrogen) atoms. The Morgan fingerprint density at radius 2 is 0.676 bits per heavy atom. The molecule has 2 saturated heterocycles. The van der Waals surface area contributed by atoms with Crippen LogP contribution in [-0.4, -0.2) is 25.5 Å². The minimum absolute atomic E-state index is 0.0204. The Morgan fingerprint density at radius 1 is 0.324 bits per heavy atom. The number of nitrogens with zero attached hydrogens (tertiary/aromatic N) is 5. The highest BCUT2D eigenvalue weighted by atomic mass is 15.2.